The maximum Gasteiger partial charge on any atom is 0.328 e. The molecule has 0 aliphatic heterocycles. The molecule has 0 aromatic heterocycles. The van der Waals surface area contributed by atoms with Crippen LogP contribution in [-0.2, 0) is 4.79 Å². The van der Waals surface area contributed by atoms with E-state index in [0.717, 1.165) is 6.07 Å². The predicted molar refractivity (Wildman–Crippen MR) is 51.2 cm³/mol. The lowest BCUT2D eigenvalue weighted by Gasteiger charge is -2.09. The topological polar surface area (TPSA) is 66.4 Å². The summed E-state index contributed by atoms with van der Waals surface area (Å²) in [6, 6.07) is 3.59. The van der Waals surface area contributed by atoms with E-state index < -0.39 is 23.6 Å². The van der Waals surface area contributed by atoms with Crippen LogP contribution >= 0.6 is 0 Å². The lowest BCUT2D eigenvalue weighted by Crippen LogP contribution is -2.41. The van der Waals surface area contributed by atoms with Gasteiger partial charge in [0.25, 0.3) is 0 Å². The Morgan fingerprint density at radius 1 is 1.47 bits per heavy atom. The Balaban J connectivity index is 2.98. The number of benzene rings is 1. The largest absolute Gasteiger partial charge is 0.480 e. The smallest absolute Gasteiger partial charge is 0.328 e. The number of carboxylic acid groups (broad SMARTS) is 1. The summed E-state index contributed by atoms with van der Waals surface area (Å²) >= 11 is 0. The zero-order valence-corrected chi connectivity index (χ0v) is 8.03. The maximum atomic E-state index is 12.8. The summed E-state index contributed by atoms with van der Waals surface area (Å²) in [4.78, 5) is 22.2. The monoisotopic (exact) mass is 211 g/mol. The fourth-order valence-electron chi connectivity index (χ4n) is 1.18. The van der Waals surface area contributed by atoms with Crippen molar-refractivity contribution in [2.75, 3.05) is 7.05 Å². The highest BCUT2D eigenvalue weighted by atomic mass is 19.1. The molecule has 1 unspecified atom stereocenters. The zero-order valence-electron chi connectivity index (χ0n) is 8.03. The van der Waals surface area contributed by atoms with Gasteiger partial charge < -0.3 is 10.4 Å². The lowest BCUT2D eigenvalue weighted by atomic mass is 10.0. The Hall–Kier alpha value is -1.75. The SMILES string of the molecule is CNC(C(=O)O)C(=O)c1cccc(F)c1. The molecule has 1 aromatic rings. The first-order valence-electron chi connectivity index (χ1n) is 4.26. The number of likely N-dealkylation sites (N-methyl/N-ethyl adjacent to an activating group) is 1. The number of hydrogen-bond acceptors (Lipinski definition) is 3. The summed E-state index contributed by atoms with van der Waals surface area (Å²) in [6.07, 6.45) is 0. The third-order valence-corrected chi connectivity index (χ3v) is 1.91. The third kappa shape index (κ3) is 2.60. The van der Waals surface area contributed by atoms with E-state index >= 15 is 0 Å². The number of nitrogens with one attached hydrogen (secondary N) is 1. The molecule has 0 saturated carbocycles. The molecule has 0 saturated heterocycles. The fraction of sp³-hybridized carbons (Fsp3) is 0.200. The molecule has 0 radical (unpaired) electrons. The number of carbonyl (C=O) groups excluding carboxylic acids is 1. The van der Waals surface area contributed by atoms with Crippen molar-refractivity contribution in [3.8, 4) is 0 Å². The van der Waals surface area contributed by atoms with Gasteiger partial charge in [-0.3, -0.25) is 9.59 Å². The van der Waals surface area contributed by atoms with Crippen molar-refractivity contribution in [2.24, 2.45) is 0 Å². The number of halogens is 1. The molecule has 0 spiro atoms. The van der Waals surface area contributed by atoms with Gasteiger partial charge in [0.2, 0.25) is 0 Å². The number of rotatable bonds is 4. The van der Waals surface area contributed by atoms with Gasteiger partial charge in [0.15, 0.2) is 11.8 Å². The van der Waals surface area contributed by atoms with E-state index in [0.29, 0.717) is 0 Å². The van der Waals surface area contributed by atoms with E-state index in [4.69, 9.17) is 5.11 Å². The second kappa shape index (κ2) is 4.65. The number of carbonyl (C=O) groups is 2. The number of Topliss-reactive ketones (excluding diaryl/α,β-unsaturated/α-hetero) is 1. The van der Waals surface area contributed by atoms with Crippen molar-refractivity contribution in [1.29, 1.82) is 0 Å². The second-order valence-corrected chi connectivity index (χ2v) is 2.93. The van der Waals surface area contributed by atoms with Gasteiger partial charge in [-0.15, -0.1) is 0 Å². The average molecular weight is 211 g/mol. The molecule has 2 N–H and O–H groups in total. The molecular formula is C10H10FNO3. The van der Waals surface area contributed by atoms with E-state index in [1.807, 2.05) is 0 Å². The van der Waals surface area contributed by atoms with Crippen LogP contribution in [-0.4, -0.2) is 29.9 Å². The molecule has 0 fully saturated rings. The normalized spacial score (nSPS) is 12.1. The summed E-state index contributed by atoms with van der Waals surface area (Å²) < 4.78 is 12.8. The molecule has 0 bridgehead atoms. The van der Waals surface area contributed by atoms with Crippen molar-refractivity contribution in [2.45, 2.75) is 6.04 Å². The maximum absolute atomic E-state index is 12.8. The molecule has 0 heterocycles. The van der Waals surface area contributed by atoms with Gasteiger partial charge >= 0.3 is 5.97 Å². The van der Waals surface area contributed by atoms with Crippen LogP contribution in [0.3, 0.4) is 0 Å². The van der Waals surface area contributed by atoms with Crippen LogP contribution < -0.4 is 5.32 Å². The Morgan fingerprint density at radius 2 is 2.13 bits per heavy atom. The van der Waals surface area contributed by atoms with Crippen molar-refractivity contribution in [3.05, 3.63) is 35.6 Å². The van der Waals surface area contributed by atoms with Gasteiger partial charge in [0.05, 0.1) is 0 Å². The first-order valence-corrected chi connectivity index (χ1v) is 4.26. The van der Waals surface area contributed by atoms with E-state index in [1.54, 1.807) is 0 Å². The van der Waals surface area contributed by atoms with E-state index in [2.05, 4.69) is 5.32 Å². The molecule has 0 aliphatic rings. The first-order chi connectivity index (χ1) is 7.06. The highest BCUT2D eigenvalue weighted by Gasteiger charge is 2.25. The molecule has 0 aliphatic carbocycles. The minimum atomic E-state index is -1.34. The third-order valence-electron chi connectivity index (χ3n) is 1.91. The molecule has 1 rings (SSSR count). The van der Waals surface area contributed by atoms with Crippen LogP contribution in [0.2, 0.25) is 0 Å². The molecule has 80 valence electrons. The minimum absolute atomic E-state index is 0.0387. The molecule has 5 heteroatoms. The number of hydrogen-bond donors (Lipinski definition) is 2. The van der Waals surface area contributed by atoms with Gasteiger partial charge in [0.1, 0.15) is 5.82 Å². The van der Waals surface area contributed by atoms with Crippen molar-refractivity contribution < 1.29 is 19.1 Å². The Kier molecular flexibility index (Phi) is 3.51. The lowest BCUT2D eigenvalue weighted by molar-refractivity contribution is -0.137. The van der Waals surface area contributed by atoms with Crippen molar-refractivity contribution >= 4 is 11.8 Å². The Morgan fingerprint density at radius 3 is 2.60 bits per heavy atom. The van der Waals surface area contributed by atoms with E-state index in [9.17, 15) is 14.0 Å². The van der Waals surface area contributed by atoms with Crippen molar-refractivity contribution in [1.82, 2.24) is 5.32 Å². The Labute approximate surface area is 85.7 Å². The van der Waals surface area contributed by atoms with Crippen LogP contribution in [0.25, 0.3) is 0 Å². The van der Waals surface area contributed by atoms with E-state index in [1.165, 1.54) is 25.2 Å². The highest BCUT2D eigenvalue weighted by Crippen LogP contribution is 2.06. The summed E-state index contributed by atoms with van der Waals surface area (Å²) in [5.74, 6) is -2.52. The van der Waals surface area contributed by atoms with Crippen LogP contribution in [0.15, 0.2) is 24.3 Å². The predicted octanol–water partition coefficient (Wildman–Crippen LogP) is 0.681. The number of carboxylic acids is 1. The molecular weight excluding hydrogens is 201 g/mol. The Bertz CT molecular complexity index is 392. The van der Waals surface area contributed by atoms with Crippen LogP contribution in [0, 0.1) is 5.82 Å². The summed E-state index contributed by atoms with van der Waals surface area (Å²) in [5.41, 5.74) is 0.0387. The number of aliphatic carboxylic acids is 1. The van der Waals surface area contributed by atoms with Crippen molar-refractivity contribution in [3.63, 3.8) is 0 Å². The van der Waals surface area contributed by atoms with Crippen LogP contribution in [0.4, 0.5) is 4.39 Å². The molecule has 0 amide bonds. The van der Waals surface area contributed by atoms with Crippen LogP contribution in [0.1, 0.15) is 10.4 Å². The van der Waals surface area contributed by atoms with E-state index in [-0.39, 0.29) is 5.56 Å². The first kappa shape index (κ1) is 11.3. The van der Waals surface area contributed by atoms with Gasteiger partial charge in [-0.05, 0) is 19.2 Å². The quantitative estimate of drug-likeness (QED) is 0.567. The molecule has 1 aromatic carbocycles. The zero-order chi connectivity index (χ0) is 11.4. The standard InChI is InChI=1S/C10H10FNO3/c1-12-8(10(14)15)9(13)6-3-2-4-7(11)5-6/h2-5,8,12H,1H3,(H,14,15). The number of ketones is 1. The molecule has 4 nitrogen and oxygen atoms in total. The fourth-order valence-corrected chi connectivity index (χ4v) is 1.18. The highest BCUT2D eigenvalue weighted by molar-refractivity contribution is 6.11. The van der Waals surface area contributed by atoms with Gasteiger partial charge in [-0.2, -0.15) is 0 Å². The molecule has 1 atom stereocenters. The van der Waals surface area contributed by atoms with Crippen LogP contribution in [0.5, 0.6) is 0 Å². The average Bonchev–Trinajstić information content (AvgIpc) is 2.18. The second-order valence-electron chi connectivity index (χ2n) is 2.93. The summed E-state index contributed by atoms with van der Waals surface area (Å²) in [5, 5.41) is 11.0. The summed E-state index contributed by atoms with van der Waals surface area (Å²) in [7, 11) is 1.36. The minimum Gasteiger partial charge on any atom is -0.480 e. The van der Waals surface area contributed by atoms with Gasteiger partial charge in [-0.25, -0.2) is 4.39 Å². The van der Waals surface area contributed by atoms with Gasteiger partial charge in [-0.1, -0.05) is 12.1 Å². The molecule has 15 heavy (non-hydrogen) atoms. The summed E-state index contributed by atoms with van der Waals surface area (Å²) in [6.45, 7) is 0. The van der Waals surface area contributed by atoms with Gasteiger partial charge in [0, 0.05) is 5.56 Å².